The Kier molecular flexibility index (Phi) is 8.76. The summed E-state index contributed by atoms with van der Waals surface area (Å²) in [7, 11) is -2.41. The Morgan fingerprint density at radius 2 is 1.88 bits per heavy atom. The van der Waals surface area contributed by atoms with Crippen molar-refractivity contribution >= 4 is 15.9 Å². The number of rotatable bonds is 11. The molecule has 0 radical (unpaired) electrons. The minimum Gasteiger partial charge on any atom is -0.383 e. The van der Waals surface area contributed by atoms with Crippen molar-refractivity contribution in [3.8, 4) is 0 Å². The van der Waals surface area contributed by atoms with Crippen LogP contribution in [0.15, 0.2) is 23.1 Å². The number of ether oxygens (including phenoxy) is 1. The molecule has 1 aromatic carbocycles. The Hall–Kier alpha value is -1.62. The van der Waals surface area contributed by atoms with E-state index in [1.54, 1.807) is 7.11 Å². The van der Waals surface area contributed by atoms with Gasteiger partial charge in [0.1, 0.15) is 0 Å². The predicted molar refractivity (Wildman–Crippen MR) is 83.9 cm³/mol. The first-order valence-corrected chi connectivity index (χ1v) is 8.76. The molecule has 0 spiro atoms. The van der Waals surface area contributed by atoms with Gasteiger partial charge in [-0.15, -0.1) is 0 Å². The molecule has 0 atom stereocenters. The first-order valence-electron chi connectivity index (χ1n) is 7.28. The Labute approximate surface area is 139 Å². The first kappa shape index (κ1) is 20.4. The normalized spacial score (nSPS) is 11.5. The molecule has 0 aliphatic carbocycles. The number of sulfonamides is 1. The molecule has 0 aromatic heterocycles. The lowest BCUT2D eigenvalue weighted by Crippen LogP contribution is -2.35. The summed E-state index contributed by atoms with van der Waals surface area (Å²) in [5.74, 6) is -2.71. The van der Waals surface area contributed by atoms with Crippen LogP contribution in [0.4, 0.5) is 8.78 Å². The van der Waals surface area contributed by atoms with E-state index in [2.05, 4.69) is 15.4 Å². The lowest BCUT2D eigenvalue weighted by molar-refractivity contribution is -0.120. The Bertz CT molecular complexity index is 641. The van der Waals surface area contributed by atoms with Crippen LogP contribution in [0.2, 0.25) is 0 Å². The molecule has 1 amide bonds. The van der Waals surface area contributed by atoms with E-state index in [1.165, 1.54) is 0 Å². The zero-order valence-corrected chi connectivity index (χ0v) is 14.1. The van der Waals surface area contributed by atoms with Gasteiger partial charge in [-0.1, -0.05) is 0 Å². The first-order chi connectivity index (χ1) is 11.4. The third-order valence-electron chi connectivity index (χ3n) is 2.95. The van der Waals surface area contributed by atoms with Crippen molar-refractivity contribution in [1.82, 2.24) is 15.4 Å². The Morgan fingerprint density at radius 3 is 2.54 bits per heavy atom. The molecule has 10 heteroatoms. The molecule has 1 rings (SSSR count). The summed E-state index contributed by atoms with van der Waals surface area (Å²) in [6.45, 7) is 2.05. The third-order valence-corrected chi connectivity index (χ3v) is 4.41. The molecule has 0 bridgehead atoms. The molecule has 0 heterocycles. The topological polar surface area (TPSA) is 96.5 Å². The fraction of sp³-hybridized carbons (Fsp3) is 0.500. The van der Waals surface area contributed by atoms with Crippen LogP contribution in [0.3, 0.4) is 0 Å². The summed E-state index contributed by atoms with van der Waals surface area (Å²) in [6, 6.07) is 2.27. The summed E-state index contributed by atoms with van der Waals surface area (Å²) in [5, 5.41) is 5.65. The molecule has 0 fully saturated rings. The molecule has 0 saturated heterocycles. The number of methoxy groups -OCH3 is 1. The lowest BCUT2D eigenvalue weighted by atomic mass is 10.3. The fourth-order valence-electron chi connectivity index (χ4n) is 1.70. The molecule has 7 nitrogen and oxygen atoms in total. The van der Waals surface area contributed by atoms with Gasteiger partial charge in [0.05, 0.1) is 11.5 Å². The average Bonchev–Trinajstić information content (AvgIpc) is 2.53. The highest BCUT2D eigenvalue weighted by molar-refractivity contribution is 7.89. The summed E-state index contributed by atoms with van der Waals surface area (Å²) in [5.41, 5.74) is 0. The molecule has 0 unspecified atom stereocenters. The van der Waals surface area contributed by atoms with Crippen LogP contribution in [0, 0.1) is 11.6 Å². The highest BCUT2D eigenvalue weighted by Crippen LogP contribution is 2.13. The van der Waals surface area contributed by atoms with E-state index in [9.17, 15) is 22.0 Å². The van der Waals surface area contributed by atoms with Crippen LogP contribution in [0.25, 0.3) is 0 Å². The second kappa shape index (κ2) is 10.3. The summed E-state index contributed by atoms with van der Waals surface area (Å²) in [4.78, 5) is 11.1. The third kappa shape index (κ3) is 7.30. The average molecular weight is 365 g/mol. The minimum absolute atomic E-state index is 0.0685. The number of hydrogen-bond acceptors (Lipinski definition) is 5. The molecule has 3 N–H and O–H groups in total. The molecule has 0 aliphatic rings. The van der Waals surface area contributed by atoms with Crippen LogP contribution >= 0.6 is 0 Å². The maximum absolute atomic E-state index is 13.1. The highest BCUT2D eigenvalue weighted by atomic mass is 32.2. The van der Waals surface area contributed by atoms with Crippen molar-refractivity contribution in [2.75, 3.05) is 39.9 Å². The fourth-order valence-corrected chi connectivity index (χ4v) is 2.75. The van der Waals surface area contributed by atoms with E-state index in [0.717, 1.165) is 12.1 Å². The van der Waals surface area contributed by atoms with Gasteiger partial charge in [0.15, 0.2) is 11.6 Å². The Morgan fingerprint density at radius 1 is 1.12 bits per heavy atom. The molecular weight excluding hydrogens is 344 g/mol. The lowest BCUT2D eigenvalue weighted by Gasteiger charge is -2.08. The van der Waals surface area contributed by atoms with Gasteiger partial charge >= 0.3 is 0 Å². The highest BCUT2D eigenvalue weighted by Gasteiger charge is 2.16. The van der Waals surface area contributed by atoms with E-state index in [4.69, 9.17) is 4.74 Å². The maximum Gasteiger partial charge on any atom is 0.240 e. The quantitative estimate of drug-likeness (QED) is 0.479. The van der Waals surface area contributed by atoms with Gasteiger partial charge in [0.2, 0.25) is 15.9 Å². The standard InChI is InChI=1S/C14H21F2N3O4S/c1-23-9-8-17-6-7-18-14(20)4-5-19-24(21,22)11-2-3-12(15)13(16)10-11/h2-3,10,17,19H,4-9H2,1H3,(H,18,20). The smallest absolute Gasteiger partial charge is 0.240 e. The Balaban J connectivity index is 2.30. The van der Waals surface area contributed by atoms with Gasteiger partial charge in [-0.05, 0) is 18.2 Å². The van der Waals surface area contributed by atoms with E-state index in [1.807, 2.05) is 0 Å². The van der Waals surface area contributed by atoms with Crippen LogP contribution in [0.1, 0.15) is 6.42 Å². The van der Waals surface area contributed by atoms with Crippen molar-refractivity contribution < 1.29 is 26.7 Å². The van der Waals surface area contributed by atoms with Crippen molar-refractivity contribution in [2.45, 2.75) is 11.3 Å². The van der Waals surface area contributed by atoms with Crippen molar-refractivity contribution in [3.63, 3.8) is 0 Å². The number of carbonyl (C=O) groups is 1. The van der Waals surface area contributed by atoms with Crippen molar-refractivity contribution in [1.29, 1.82) is 0 Å². The van der Waals surface area contributed by atoms with Gasteiger partial charge < -0.3 is 15.4 Å². The number of amides is 1. The molecule has 136 valence electrons. The van der Waals surface area contributed by atoms with Crippen LogP contribution in [-0.4, -0.2) is 54.2 Å². The number of benzene rings is 1. The maximum atomic E-state index is 13.1. The van der Waals surface area contributed by atoms with Gasteiger partial charge in [0, 0.05) is 39.7 Å². The van der Waals surface area contributed by atoms with Crippen LogP contribution in [0.5, 0.6) is 0 Å². The number of nitrogens with one attached hydrogen (secondary N) is 3. The van der Waals surface area contributed by atoms with Crippen molar-refractivity contribution in [2.24, 2.45) is 0 Å². The van der Waals surface area contributed by atoms with Gasteiger partial charge in [-0.3, -0.25) is 4.79 Å². The summed E-state index contributed by atoms with van der Waals surface area (Å²) < 4.78 is 56.6. The molecule has 0 saturated carbocycles. The number of hydrogen-bond donors (Lipinski definition) is 3. The monoisotopic (exact) mass is 365 g/mol. The largest absolute Gasteiger partial charge is 0.383 e. The van der Waals surface area contributed by atoms with E-state index in [-0.39, 0.29) is 18.9 Å². The second-order valence-corrected chi connectivity index (χ2v) is 6.58. The molecule has 1 aromatic rings. The van der Waals surface area contributed by atoms with E-state index >= 15 is 0 Å². The second-order valence-electron chi connectivity index (χ2n) is 4.82. The van der Waals surface area contributed by atoms with Gasteiger partial charge in [-0.25, -0.2) is 21.9 Å². The van der Waals surface area contributed by atoms with Gasteiger partial charge in [0.25, 0.3) is 0 Å². The summed E-state index contributed by atoms with van der Waals surface area (Å²) >= 11 is 0. The van der Waals surface area contributed by atoms with Crippen LogP contribution < -0.4 is 15.4 Å². The molecule has 24 heavy (non-hydrogen) atoms. The molecular formula is C14H21F2N3O4S. The molecule has 0 aliphatic heterocycles. The number of carbonyl (C=O) groups excluding carboxylic acids is 1. The predicted octanol–water partition coefficient (Wildman–Crippen LogP) is -0.0146. The van der Waals surface area contributed by atoms with Gasteiger partial charge in [-0.2, -0.15) is 0 Å². The van der Waals surface area contributed by atoms with E-state index < -0.39 is 26.6 Å². The summed E-state index contributed by atoms with van der Waals surface area (Å²) in [6.07, 6.45) is -0.0685. The zero-order valence-electron chi connectivity index (χ0n) is 13.3. The minimum atomic E-state index is -3.99. The zero-order chi connectivity index (χ0) is 18.0. The van der Waals surface area contributed by atoms with E-state index in [0.29, 0.717) is 32.3 Å². The van der Waals surface area contributed by atoms with Crippen LogP contribution in [-0.2, 0) is 19.6 Å². The van der Waals surface area contributed by atoms with Crippen molar-refractivity contribution in [3.05, 3.63) is 29.8 Å². The number of halogens is 2. The SMILES string of the molecule is COCCNCCNC(=O)CCNS(=O)(=O)c1ccc(F)c(F)c1.